The SMILES string of the molecule is c1ccc(Cn2ccnc2CN2CCN(Cc3cn4ccccc4n3)CC2)cc1. The van der Waals surface area contributed by atoms with E-state index in [1.165, 1.54) is 5.56 Å². The molecule has 0 amide bonds. The summed E-state index contributed by atoms with van der Waals surface area (Å²) in [7, 11) is 0. The Hall–Kier alpha value is -2.96. The first-order valence-electron chi connectivity index (χ1n) is 10.2. The van der Waals surface area contributed by atoms with Crippen LogP contribution in [-0.2, 0) is 19.6 Å². The predicted octanol–water partition coefficient (Wildman–Crippen LogP) is 2.90. The summed E-state index contributed by atoms with van der Waals surface area (Å²) in [5, 5.41) is 0. The Balaban J connectivity index is 1.16. The van der Waals surface area contributed by atoms with Gasteiger partial charge in [-0.05, 0) is 17.7 Å². The molecule has 0 spiro atoms. The van der Waals surface area contributed by atoms with Crippen LogP contribution in [0.5, 0.6) is 0 Å². The van der Waals surface area contributed by atoms with Crippen molar-refractivity contribution < 1.29 is 0 Å². The highest BCUT2D eigenvalue weighted by atomic mass is 15.3. The van der Waals surface area contributed by atoms with Crippen molar-refractivity contribution in [2.24, 2.45) is 0 Å². The summed E-state index contributed by atoms with van der Waals surface area (Å²) in [4.78, 5) is 14.3. The minimum atomic E-state index is 0.879. The highest BCUT2D eigenvalue weighted by molar-refractivity contribution is 5.39. The maximum absolute atomic E-state index is 4.73. The van der Waals surface area contributed by atoms with Crippen molar-refractivity contribution in [1.29, 1.82) is 0 Å². The number of nitrogens with zero attached hydrogens (tertiary/aromatic N) is 6. The molecule has 1 aliphatic heterocycles. The van der Waals surface area contributed by atoms with E-state index in [0.29, 0.717) is 0 Å². The van der Waals surface area contributed by atoms with Gasteiger partial charge >= 0.3 is 0 Å². The van der Waals surface area contributed by atoms with Crippen LogP contribution < -0.4 is 0 Å². The zero-order valence-corrected chi connectivity index (χ0v) is 16.6. The van der Waals surface area contributed by atoms with Crippen molar-refractivity contribution in [3.05, 3.63) is 90.4 Å². The van der Waals surface area contributed by atoms with Crippen LogP contribution in [0.3, 0.4) is 0 Å². The average molecular weight is 387 g/mol. The van der Waals surface area contributed by atoms with E-state index in [2.05, 4.69) is 78.7 Å². The lowest BCUT2D eigenvalue weighted by Gasteiger charge is -2.34. The summed E-state index contributed by atoms with van der Waals surface area (Å²) in [6, 6.07) is 16.7. The minimum Gasteiger partial charge on any atom is -0.329 e. The fourth-order valence-corrected chi connectivity index (χ4v) is 4.01. The van der Waals surface area contributed by atoms with Crippen LogP contribution in [0.4, 0.5) is 0 Å². The summed E-state index contributed by atoms with van der Waals surface area (Å²) >= 11 is 0. The summed E-state index contributed by atoms with van der Waals surface area (Å²) in [6.45, 7) is 6.95. The molecule has 148 valence electrons. The van der Waals surface area contributed by atoms with Gasteiger partial charge in [0.2, 0.25) is 0 Å². The van der Waals surface area contributed by atoms with Gasteiger partial charge in [0.15, 0.2) is 0 Å². The van der Waals surface area contributed by atoms with Crippen molar-refractivity contribution in [3.8, 4) is 0 Å². The largest absolute Gasteiger partial charge is 0.329 e. The number of rotatable bonds is 6. The van der Waals surface area contributed by atoms with Gasteiger partial charge in [0, 0.05) is 64.1 Å². The second-order valence-electron chi connectivity index (χ2n) is 7.71. The van der Waals surface area contributed by atoms with Crippen molar-refractivity contribution in [2.75, 3.05) is 26.2 Å². The standard InChI is InChI=1S/C23H26N6/c1-2-6-20(7-3-1)16-29-11-9-24-23(29)19-27-14-12-26(13-15-27)17-21-18-28-10-5-4-8-22(28)25-21/h1-11,18H,12-17,19H2. The monoisotopic (exact) mass is 386 g/mol. The maximum atomic E-state index is 4.73. The van der Waals surface area contributed by atoms with E-state index in [4.69, 9.17) is 4.98 Å². The van der Waals surface area contributed by atoms with E-state index in [0.717, 1.165) is 63.0 Å². The molecule has 0 radical (unpaired) electrons. The molecule has 0 saturated carbocycles. The summed E-state index contributed by atoms with van der Waals surface area (Å²) in [6.07, 6.45) is 8.20. The van der Waals surface area contributed by atoms with Crippen molar-refractivity contribution in [3.63, 3.8) is 0 Å². The summed E-state index contributed by atoms with van der Waals surface area (Å²) < 4.78 is 4.36. The quantitative estimate of drug-likeness (QED) is 0.511. The fraction of sp³-hybridized carbons (Fsp3) is 0.304. The number of hydrogen-bond donors (Lipinski definition) is 0. The lowest BCUT2D eigenvalue weighted by atomic mass is 10.2. The second kappa shape index (κ2) is 8.19. The molecule has 29 heavy (non-hydrogen) atoms. The molecule has 3 aromatic heterocycles. The van der Waals surface area contributed by atoms with E-state index in [9.17, 15) is 0 Å². The van der Waals surface area contributed by atoms with Crippen LogP contribution in [0.1, 0.15) is 17.1 Å². The molecule has 1 saturated heterocycles. The fourth-order valence-electron chi connectivity index (χ4n) is 4.01. The van der Waals surface area contributed by atoms with E-state index < -0.39 is 0 Å². The molecule has 0 aliphatic carbocycles. The first-order chi connectivity index (χ1) is 14.3. The first kappa shape index (κ1) is 18.1. The van der Waals surface area contributed by atoms with Crippen LogP contribution in [0.15, 0.2) is 73.3 Å². The molecule has 4 heterocycles. The van der Waals surface area contributed by atoms with Gasteiger partial charge in [-0.1, -0.05) is 36.4 Å². The van der Waals surface area contributed by atoms with Gasteiger partial charge in [-0.15, -0.1) is 0 Å². The molecule has 0 bridgehead atoms. The number of hydrogen-bond acceptors (Lipinski definition) is 4. The Kier molecular flexibility index (Phi) is 5.11. The Labute approximate surface area is 171 Å². The van der Waals surface area contributed by atoms with Gasteiger partial charge in [0.05, 0.1) is 12.2 Å². The number of aromatic nitrogens is 4. The highest BCUT2D eigenvalue weighted by Gasteiger charge is 2.19. The van der Waals surface area contributed by atoms with E-state index in [1.54, 1.807) is 0 Å². The van der Waals surface area contributed by atoms with Gasteiger partial charge < -0.3 is 8.97 Å². The van der Waals surface area contributed by atoms with Gasteiger partial charge in [-0.25, -0.2) is 9.97 Å². The number of fused-ring (bicyclic) bond motifs is 1. The molecular weight excluding hydrogens is 360 g/mol. The lowest BCUT2D eigenvalue weighted by molar-refractivity contribution is 0.118. The Morgan fingerprint density at radius 3 is 2.31 bits per heavy atom. The van der Waals surface area contributed by atoms with Crippen molar-refractivity contribution in [2.45, 2.75) is 19.6 Å². The Morgan fingerprint density at radius 2 is 1.52 bits per heavy atom. The highest BCUT2D eigenvalue weighted by Crippen LogP contribution is 2.13. The molecule has 6 heteroatoms. The zero-order valence-electron chi connectivity index (χ0n) is 16.6. The van der Waals surface area contributed by atoms with E-state index in [1.807, 2.05) is 18.3 Å². The van der Waals surface area contributed by atoms with Crippen LogP contribution in [0.2, 0.25) is 0 Å². The van der Waals surface area contributed by atoms with Gasteiger partial charge in [-0.2, -0.15) is 0 Å². The number of pyridine rings is 1. The first-order valence-corrected chi connectivity index (χ1v) is 10.2. The third kappa shape index (κ3) is 4.23. The van der Waals surface area contributed by atoms with Gasteiger partial charge in [-0.3, -0.25) is 9.80 Å². The molecule has 1 aromatic carbocycles. The van der Waals surface area contributed by atoms with Crippen LogP contribution in [-0.4, -0.2) is 54.9 Å². The van der Waals surface area contributed by atoms with Crippen LogP contribution in [0, 0.1) is 0 Å². The molecule has 1 aliphatic rings. The average Bonchev–Trinajstić information content (AvgIpc) is 3.36. The van der Waals surface area contributed by atoms with Crippen LogP contribution in [0.25, 0.3) is 5.65 Å². The van der Waals surface area contributed by atoms with Crippen LogP contribution >= 0.6 is 0 Å². The predicted molar refractivity (Wildman–Crippen MR) is 114 cm³/mol. The third-order valence-electron chi connectivity index (χ3n) is 5.63. The number of benzene rings is 1. The topological polar surface area (TPSA) is 41.6 Å². The Morgan fingerprint density at radius 1 is 0.759 bits per heavy atom. The number of imidazole rings is 2. The smallest absolute Gasteiger partial charge is 0.137 e. The molecule has 5 rings (SSSR count). The molecule has 1 fully saturated rings. The molecular formula is C23H26N6. The zero-order chi connectivity index (χ0) is 19.5. The molecule has 0 atom stereocenters. The minimum absolute atomic E-state index is 0.879. The van der Waals surface area contributed by atoms with Gasteiger partial charge in [0.1, 0.15) is 11.5 Å². The third-order valence-corrected chi connectivity index (χ3v) is 5.63. The van der Waals surface area contributed by atoms with Crippen molar-refractivity contribution in [1.82, 2.24) is 28.7 Å². The lowest BCUT2D eigenvalue weighted by Crippen LogP contribution is -2.45. The van der Waals surface area contributed by atoms with Crippen molar-refractivity contribution >= 4 is 5.65 Å². The molecule has 6 nitrogen and oxygen atoms in total. The second-order valence-corrected chi connectivity index (χ2v) is 7.71. The molecule has 4 aromatic rings. The summed E-state index contributed by atoms with van der Waals surface area (Å²) in [5.41, 5.74) is 3.47. The van der Waals surface area contributed by atoms with E-state index >= 15 is 0 Å². The van der Waals surface area contributed by atoms with Gasteiger partial charge in [0.25, 0.3) is 0 Å². The van der Waals surface area contributed by atoms with E-state index in [-0.39, 0.29) is 0 Å². The molecule has 0 N–H and O–H groups in total. The maximum Gasteiger partial charge on any atom is 0.137 e. The number of piperazine rings is 1. The molecule has 0 unspecified atom stereocenters. The normalized spacial score (nSPS) is 15.9. The summed E-state index contributed by atoms with van der Waals surface area (Å²) in [5.74, 6) is 1.14. The Bertz CT molecular complexity index is 1030.